The molecule has 5 heteroatoms. The van der Waals surface area contributed by atoms with Crippen molar-refractivity contribution in [3.05, 3.63) is 16.3 Å². The van der Waals surface area contributed by atoms with E-state index in [1.165, 1.54) is 16.6 Å². The van der Waals surface area contributed by atoms with Crippen LogP contribution in [0.1, 0.15) is 25.6 Å². The number of thiophene rings is 1. The molecule has 16 heavy (non-hydrogen) atoms. The van der Waals surface area contributed by atoms with Crippen LogP contribution in [0.25, 0.3) is 0 Å². The van der Waals surface area contributed by atoms with Crippen molar-refractivity contribution in [2.24, 2.45) is 4.99 Å². The van der Waals surface area contributed by atoms with E-state index in [1.807, 2.05) is 5.38 Å². The number of hydrogen-bond donors (Lipinski definition) is 1. The number of rotatable bonds is 1. The molecule has 1 N–H and O–H groups in total. The molecular weight excluding hydrogens is 240 g/mol. The molecule has 1 aliphatic heterocycles. The minimum atomic E-state index is 0.0371. The molecule has 3 nitrogen and oxygen atoms in total. The first kappa shape index (κ1) is 11.7. The lowest BCUT2D eigenvalue weighted by molar-refractivity contribution is -0.116. The molecule has 1 saturated heterocycles. The van der Waals surface area contributed by atoms with Gasteiger partial charge in [0.15, 0.2) is 5.17 Å². The highest BCUT2D eigenvalue weighted by Gasteiger charge is 2.18. The van der Waals surface area contributed by atoms with Crippen molar-refractivity contribution in [1.29, 1.82) is 0 Å². The number of thioether (sulfide) groups is 1. The van der Waals surface area contributed by atoms with Crippen molar-refractivity contribution in [2.75, 3.05) is 5.75 Å². The molecule has 0 unspecified atom stereocenters. The number of carbonyl (C=O) groups excluding carboxylic acids is 1. The van der Waals surface area contributed by atoms with E-state index in [-0.39, 0.29) is 11.3 Å². The van der Waals surface area contributed by atoms with Crippen molar-refractivity contribution >= 4 is 39.9 Å². The van der Waals surface area contributed by atoms with Crippen molar-refractivity contribution in [3.63, 3.8) is 0 Å². The number of aliphatic imine (C=N–C) groups is 1. The standard InChI is InChI=1S/C11H14N2OS2/c1-11(2,3)8-4-7(5-15-8)12-10-13-9(14)6-16-10/h4-5H,6H2,1-3H3,(H,12,13,14). The van der Waals surface area contributed by atoms with E-state index in [9.17, 15) is 4.79 Å². The molecule has 86 valence electrons. The van der Waals surface area contributed by atoms with Crippen LogP contribution in [0.3, 0.4) is 0 Å². The van der Waals surface area contributed by atoms with Gasteiger partial charge in [0.2, 0.25) is 5.91 Å². The molecule has 1 aliphatic rings. The maximum atomic E-state index is 11.0. The van der Waals surface area contributed by atoms with Gasteiger partial charge >= 0.3 is 0 Å². The van der Waals surface area contributed by atoms with Gasteiger partial charge in [0.05, 0.1) is 11.4 Å². The Morgan fingerprint density at radius 1 is 1.44 bits per heavy atom. The first-order chi connectivity index (χ1) is 7.45. The van der Waals surface area contributed by atoms with Crippen LogP contribution in [-0.2, 0) is 10.2 Å². The second-order valence-corrected chi connectivity index (χ2v) is 6.55. The fourth-order valence-corrected chi connectivity index (χ4v) is 2.89. The summed E-state index contributed by atoms with van der Waals surface area (Å²) >= 11 is 3.17. The Balaban J connectivity index is 2.17. The molecule has 1 fully saturated rings. The van der Waals surface area contributed by atoms with Gasteiger partial charge in [-0.25, -0.2) is 4.99 Å². The van der Waals surface area contributed by atoms with Gasteiger partial charge in [0.25, 0.3) is 0 Å². The van der Waals surface area contributed by atoms with Gasteiger partial charge in [0, 0.05) is 10.3 Å². The number of amides is 1. The van der Waals surface area contributed by atoms with Gasteiger partial charge in [0.1, 0.15) is 0 Å². The molecule has 0 aliphatic carbocycles. The van der Waals surface area contributed by atoms with Gasteiger partial charge in [-0.15, -0.1) is 11.3 Å². The third-order valence-electron chi connectivity index (χ3n) is 2.14. The summed E-state index contributed by atoms with van der Waals surface area (Å²) in [4.78, 5) is 16.7. The molecule has 0 bridgehead atoms. The highest BCUT2D eigenvalue weighted by molar-refractivity contribution is 8.15. The summed E-state index contributed by atoms with van der Waals surface area (Å²) in [6.07, 6.45) is 0. The summed E-state index contributed by atoms with van der Waals surface area (Å²) in [5.41, 5.74) is 1.09. The molecule has 2 heterocycles. The van der Waals surface area contributed by atoms with Crippen LogP contribution < -0.4 is 5.32 Å². The topological polar surface area (TPSA) is 41.5 Å². The fourth-order valence-electron chi connectivity index (χ4n) is 1.28. The lowest BCUT2D eigenvalue weighted by Crippen LogP contribution is -2.19. The van der Waals surface area contributed by atoms with Crippen LogP contribution in [0.15, 0.2) is 16.4 Å². The van der Waals surface area contributed by atoms with Gasteiger partial charge in [-0.3, -0.25) is 4.79 Å². The van der Waals surface area contributed by atoms with E-state index in [4.69, 9.17) is 0 Å². The highest BCUT2D eigenvalue weighted by atomic mass is 32.2. The predicted octanol–water partition coefficient (Wildman–Crippen LogP) is 2.90. The number of amidine groups is 1. The van der Waals surface area contributed by atoms with E-state index < -0.39 is 0 Å². The lowest BCUT2D eigenvalue weighted by atomic mass is 9.95. The Labute approximate surface area is 103 Å². The largest absolute Gasteiger partial charge is 0.304 e. The van der Waals surface area contributed by atoms with Gasteiger partial charge in [-0.1, -0.05) is 32.5 Å². The second-order valence-electron chi connectivity index (χ2n) is 4.67. The molecule has 1 amide bonds. The van der Waals surface area contributed by atoms with Crippen LogP contribution >= 0.6 is 23.1 Å². The number of hydrogen-bond acceptors (Lipinski definition) is 4. The first-order valence-electron chi connectivity index (χ1n) is 5.05. The zero-order chi connectivity index (χ0) is 11.8. The maximum Gasteiger partial charge on any atom is 0.236 e. The molecule has 0 spiro atoms. The summed E-state index contributed by atoms with van der Waals surface area (Å²) in [5.74, 6) is 0.518. The molecule has 0 radical (unpaired) electrons. The summed E-state index contributed by atoms with van der Waals surface area (Å²) in [7, 11) is 0. The Hall–Kier alpha value is -0.810. The number of carbonyl (C=O) groups is 1. The van der Waals surface area contributed by atoms with Crippen molar-refractivity contribution in [3.8, 4) is 0 Å². The van der Waals surface area contributed by atoms with E-state index in [0.717, 1.165) is 5.69 Å². The average Bonchev–Trinajstić information content (AvgIpc) is 2.74. The minimum absolute atomic E-state index is 0.0371. The van der Waals surface area contributed by atoms with Crippen LogP contribution in [0, 0.1) is 0 Å². The van der Waals surface area contributed by atoms with Crippen molar-refractivity contribution in [2.45, 2.75) is 26.2 Å². The Morgan fingerprint density at radius 3 is 2.69 bits per heavy atom. The summed E-state index contributed by atoms with van der Waals surface area (Å²) in [6.45, 7) is 6.55. The van der Waals surface area contributed by atoms with E-state index in [2.05, 4.69) is 37.1 Å². The number of nitrogens with one attached hydrogen (secondary N) is 1. The molecule has 0 aromatic carbocycles. The lowest BCUT2D eigenvalue weighted by Gasteiger charge is -2.14. The van der Waals surface area contributed by atoms with E-state index in [0.29, 0.717) is 10.9 Å². The van der Waals surface area contributed by atoms with Crippen molar-refractivity contribution in [1.82, 2.24) is 5.32 Å². The molecule has 0 saturated carbocycles. The Morgan fingerprint density at radius 2 is 2.19 bits per heavy atom. The molecule has 1 aromatic heterocycles. The monoisotopic (exact) mass is 254 g/mol. The van der Waals surface area contributed by atoms with Crippen LogP contribution in [0.4, 0.5) is 5.69 Å². The van der Waals surface area contributed by atoms with Crippen LogP contribution in [0.2, 0.25) is 0 Å². The molecular formula is C11H14N2OS2. The highest BCUT2D eigenvalue weighted by Crippen LogP contribution is 2.32. The zero-order valence-corrected chi connectivity index (χ0v) is 11.2. The Kier molecular flexibility index (Phi) is 3.08. The fraction of sp³-hybridized carbons (Fsp3) is 0.455. The second kappa shape index (κ2) is 4.22. The average molecular weight is 254 g/mol. The Bertz CT molecular complexity index is 443. The quantitative estimate of drug-likeness (QED) is 0.837. The van der Waals surface area contributed by atoms with Crippen molar-refractivity contribution < 1.29 is 4.79 Å². The normalized spacial score (nSPS) is 19.2. The van der Waals surface area contributed by atoms with Crippen LogP contribution in [-0.4, -0.2) is 16.8 Å². The number of nitrogens with zero attached hydrogens (tertiary/aromatic N) is 1. The molecule has 2 rings (SSSR count). The van der Waals surface area contributed by atoms with Gasteiger partial charge in [-0.05, 0) is 11.5 Å². The molecule has 1 aromatic rings. The molecule has 0 atom stereocenters. The maximum absolute atomic E-state index is 11.0. The summed E-state index contributed by atoms with van der Waals surface area (Å²) in [5, 5.41) is 5.47. The zero-order valence-electron chi connectivity index (χ0n) is 9.53. The van der Waals surface area contributed by atoms with Gasteiger partial charge < -0.3 is 5.32 Å². The SMILES string of the molecule is CC(C)(C)c1cc(N=C2NC(=O)CS2)cs1. The van der Waals surface area contributed by atoms with E-state index in [1.54, 1.807) is 11.3 Å². The predicted molar refractivity (Wildman–Crippen MR) is 70.7 cm³/mol. The minimum Gasteiger partial charge on any atom is -0.304 e. The summed E-state index contributed by atoms with van der Waals surface area (Å²) in [6, 6.07) is 2.09. The summed E-state index contributed by atoms with van der Waals surface area (Å²) < 4.78 is 0. The van der Waals surface area contributed by atoms with Gasteiger partial charge in [-0.2, -0.15) is 0 Å². The van der Waals surface area contributed by atoms with E-state index >= 15 is 0 Å². The first-order valence-corrected chi connectivity index (χ1v) is 6.92. The third-order valence-corrected chi connectivity index (χ3v) is 4.36. The van der Waals surface area contributed by atoms with Crippen LogP contribution in [0.5, 0.6) is 0 Å². The third kappa shape index (κ3) is 2.65. The smallest absolute Gasteiger partial charge is 0.236 e.